The van der Waals surface area contributed by atoms with Gasteiger partial charge < -0.3 is 9.73 Å². The Bertz CT molecular complexity index is 348. The molecule has 1 amide bonds. The molecule has 1 aliphatic rings. The lowest BCUT2D eigenvalue weighted by Crippen LogP contribution is -2.26. The summed E-state index contributed by atoms with van der Waals surface area (Å²) in [5, 5.41) is 2.93. The van der Waals surface area contributed by atoms with Crippen LogP contribution < -0.4 is 5.32 Å². The molecule has 76 valence electrons. The van der Waals surface area contributed by atoms with Gasteiger partial charge in [0, 0.05) is 6.04 Å². The number of carbonyl (C=O) groups excluding carboxylic acids is 1. The Morgan fingerprint density at radius 3 is 3.00 bits per heavy atom. The van der Waals surface area contributed by atoms with Gasteiger partial charge in [0.05, 0.1) is 0 Å². The predicted molar refractivity (Wildman–Crippen MR) is 56.1 cm³/mol. The molecule has 4 heteroatoms. The van der Waals surface area contributed by atoms with Crippen molar-refractivity contribution >= 4 is 21.8 Å². The Morgan fingerprint density at radius 2 is 2.50 bits per heavy atom. The Kier molecular flexibility index (Phi) is 2.63. The molecule has 0 saturated heterocycles. The lowest BCUT2D eigenvalue weighted by Gasteiger charge is -2.00. The van der Waals surface area contributed by atoms with Crippen LogP contribution in [0.5, 0.6) is 0 Å². The van der Waals surface area contributed by atoms with Crippen LogP contribution in [0.4, 0.5) is 0 Å². The summed E-state index contributed by atoms with van der Waals surface area (Å²) in [5.41, 5.74) is 0. The number of carbonyl (C=O) groups is 1. The van der Waals surface area contributed by atoms with Crippen LogP contribution in [-0.2, 0) is 0 Å². The van der Waals surface area contributed by atoms with Crippen LogP contribution in [0.25, 0.3) is 0 Å². The minimum Gasteiger partial charge on any atom is -0.444 e. The summed E-state index contributed by atoms with van der Waals surface area (Å²) in [5.74, 6) is 0.924. The molecule has 0 radical (unpaired) electrons. The van der Waals surface area contributed by atoms with Gasteiger partial charge in [0.1, 0.15) is 0 Å². The Morgan fingerprint density at radius 1 is 1.71 bits per heavy atom. The van der Waals surface area contributed by atoms with E-state index in [1.54, 1.807) is 12.1 Å². The van der Waals surface area contributed by atoms with E-state index < -0.39 is 0 Å². The summed E-state index contributed by atoms with van der Waals surface area (Å²) in [6.45, 7) is 2.14. The van der Waals surface area contributed by atoms with Crippen LogP contribution in [0, 0.1) is 5.92 Å². The van der Waals surface area contributed by atoms with E-state index in [9.17, 15) is 4.79 Å². The number of hydrogen-bond donors (Lipinski definition) is 1. The van der Waals surface area contributed by atoms with Crippen LogP contribution in [0.2, 0.25) is 0 Å². The summed E-state index contributed by atoms with van der Waals surface area (Å²) < 4.78 is 5.74. The molecule has 1 heterocycles. The zero-order valence-electron chi connectivity index (χ0n) is 7.92. The highest BCUT2D eigenvalue weighted by Crippen LogP contribution is 2.33. The maximum absolute atomic E-state index is 11.5. The lowest BCUT2D eigenvalue weighted by atomic mass is 10.3. The molecule has 1 saturated carbocycles. The van der Waals surface area contributed by atoms with Gasteiger partial charge in [0.2, 0.25) is 0 Å². The highest BCUT2D eigenvalue weighted by atomic mass is 79.9. The highest BCUT2D eigenvalue weighted by Gasteiger charge is 2.36. The van der Waals surface area contributed by atoms with Gasteiger partial charge in [-0.3, -0.25) is 4.79 Å². The third-order valence-corrected chi connectivity index (χ3v) is 2.99. The fraction of sp³-hybridized carbons (Fsp3) is 0.500. The maximum Gasteiger partial charge on any atom is 0.287 e. The van der Waals surface area contributed by atoms with E-state index in [1.807, 2.05) is 0 Å². The topological polar surface area (TPSA) is 42.2 Å². The van der Waals surface area contributed by atoms with Crippen molar-refractivity contribution in [3.05, 3.63) is 22.6 Å². The molecule has 1 aliphatic carbocycles. The normalized spacial score (nSPS) is 24.7. The summed E-state index contributed by atoms with van der Waals surface area (Å²) >= 11 is 3.16. The first-order chi connectivity index (χ1) is 6.70. The summed E-state index contributed by atoms with van der Waals surface area (Å²) in [6.07, 6.45) is 2.23. The van der Waals surface area contributed by atoms with Gasteiger partial charge >= 0.3 is 0 Å². The number of amides is 1. The molecule has 1 aromatic rings. The van der Waals surface area contributed by atoms with Crippen molar-refractivity contribution in [1.29, 1.82) is 0 Å². The second-order valence-corrected chi connectivity index (χ2v) is 4.37. The molecule has 14 heavy (non-hydrogen) atoms. The van der Waals surface area contributed by atoms with Crippen LogP contribution >= 0.6 is 15.9 Å². The van der Waals surface area contributed by atoms with Gasteiger partial charge in [0.25, 0.3) is 5.91 Å². The standard InChI is InChI=1S/C10H12BrNO2/c1-2-6-5-7(6)12-10(13)8-3-4-9(11)14-8/h3-4,6-7H,2,5H2,1H3,(H,12,13). The van der Waals surface area contributed by atoms with Crippen molar-refractivity contribution in [1.82, 2.24) is 5.32 Å². The molecule has 0 aromatic carbocycles. The Labute approximate surface area is 91.0 Å². The molecule has 0 bridgehead atoms. The van der Waals surface area contributed by atoms with Crippen LogP contribution in [0.3, 0.4) is 0 Å². The fourth-order valence-electron chi connectivity index (χ4n) is 1.55. The monoisotopic (exact) mass is 257 g/mol. The third-order valence-electron chi connectivity index (χ3n) is 2.56. The fourth-order valence-corrected chi connectivity index (χ4v) is 1.86. The quantitative estimate of drug-likeness (QED) is 0.905. The van der Waals surface area contributed by atoms with Crippen LogP contribution in [0.15, 0.2) is 21.2 Å². The number of furan rings is 1. The van der Waals surface area contributed by atoms with Crippen molar-refractivity contribution in [2.75, 3.05) is 0 Å². The molecule has 2 atom stereocenters. The van der Waals surface area contributed by atoms with Gasteiger partial charge in [-0.15, -0.1) is 0 Å². The average Bonchev–Trinajstić information content (AvgIpc) is 2.77. The SMILES string of the molecule is CCC1CC1NC(=O)c1ccc(Br)o1. The van der Waals surface area contributed by atoms with Gasteiger partial charge in [-0.05, 0) is 40.4 Å². The molecule has 1 aromatic heterocycles. The highest BCUT2D eigenvalue weighted by molar-refractivity contribution is 9.10. The van der Waals surface area contributed by atoms with Crippen molar-refractivity contribution in [3.8, 4) is 0 Å². The van der Waals surface area contributed by atoms with Crippen LogP contribution in [-0.4, -0.2) is 11.9 Å². The first-order valence-electron chi connectivity index (χ1n) is 4.77. The zero-order chi connectivity index (χ0) is 10.1. The second-order valence-electron chi connectivity index (χ2n) is 3.59. The van der Waals surface area contributed by atoms with Crippen molar-refractivity contribution in [2.24, 2.45) is 5.92 Å². The van der Waals surface area contributed by atoms with Gasteiger partial charge in [-0.1, -0.05) is 13.3 Å². The van der Waals surface area contributed by atoms with E-state index in [1.165, 1.54) is 0 Å². The van der Waals surface area contributed by atoms with Gasteiger partial charge in [-0.25, -0.2) is 0 Å². The molecule has 3 nitrogen and oxygen atoms in total. The van der Waals surface area contributed by atoms with Gasteiger partial charge in [-0.2, -0.15) is 0 Å². The molecule has 1 fully saturated rings. The molecule has 2 rings (SSSR count). The third kappa shape index (κ3) is 2.00. The molecule has 0 spiro atoms. The second kappa shape index (κ2) is 3.77. The largest absolute Gasteiger partial charge is 0.444 e. The summed E-state index contributed by atoms with van der Waals surface area (Å²) in [6, 6.07) is 3.75. The average molecular weight is 258 g/mol. The number of rotatable bonds is 3. The van der Waals surface area contributed by atoms with Gasteiger partial charge in [0.15, 0.2) is 10.4 Å². The maximum atomic E-state index is 11.5. The van der Waals surface area contributed by atoms with E-state index in [4.69, 9.17) is 4.42 Å². The summed E-state index contributed by atoms with van der Waals surface area (Å²) in [4.78, 5) is 11.5. The zero-order valence-corrected chi connectivity index (χ0v) is 9.50. The number of halogens is 1. The number of nitrogens with one attached hydrogen (secondary N) is 1. The van der Waals surface area contributed by atoms with E-state index in [2.05, 4.69) is 28.2 Å². The van der Waals surface area contributed by atoms with E-state index in [0.29, 0.717) is 22.4 Å². The van der Waals surface area contributed by atoms with E-state index in [0.717, 1.165) is 12.8 Å². The summed E-state index contributed by atoms with van der Waals surface area (Å²) in [7, 11) is 0. The van der Waals surface area contributed by atoms with E-state index >= 15 is 0 Å². The molecule has 2 unspecified atom stereocenters. The minimum atomic E-state index is -0.114. The van der Waals surface area contributed by atoms with Crippen molar-refractivity contribution in [3.63, 3.8) is 0 Å². The Balaban J connectivity index is 1.91. The molecule has 1 N–H and O–H groups in total. The smallest absolute Gasteiger partial charge is 0.287 e. The Hall–Kier alpha value is -0.770. The first kappa shape index (κ1) is 9.77. The minimum absolute atomic E-state index is 0.114. The molecule has 0 aliphatic heterocycles. The van der Waals surface area contributed by atoms with Crippen LogP contribution in [0.1, 0.15) is 30.3 Å². The molecular weight excluding hydrogens is 246 g/mol. The number of hydrogen-bond acceptors (Lipinski definition) is 2. The first-order valence-corrected chi connectivity index (χ1v) is 5.56. The van der Waals surface area contributed by atoms with Crippen molar-refractivity contribution in [2.45, 2.75) is 25.8 Å². The molecular formula is C10H12BrNO2. The lowest BCUT2D eigenvalue weighted by molar-refractivity contribution is 0.0920. The predicted octanol–water partition coefficient (Wildman–Crippen LogP) is 2.57. The van der Waals surface area contributed by atoms with E-state index in [-0.39, 0.29) is 5.91 Å². The van der Waals surface area contributed by atoms with Crippen molar-refractivity contribution < 1.29 is 9.21 Å².